The minimum atomic E-state index is -0.897. The smallest absolute Gasteiger partial charge is 0.307 e. The summed E-state index contributed by atoms with van der Waals surface area (Å²) in [6.45, 7) is 2.69. The van der Waals surface area contributed by atoms with Crippen molar-refractivity contribution >= 4 is 11.9 Å². The molecule has 1 aliphatic rings. The second kappa shape index (κ2) is 8.71. The normalized spacial score (nSPS) is 21.9. The lowest BCUT2D eigenvalue weighted by atomic mass is 9.82. The number of carbonyl (C=O) groups excluding carboxylic acids is 1. The zero-order chi connectivity index (χ0) is 15.0. The molecule has 0 bridgehead atoms. The van der Waals surface area contributed by atoms with Gasteiger partial charge in [0.25, 0.3) is 0 Å². The molecule has 0 aromatic carbocycles. The van der Waals surface area contributed by atoms with Gasteiger partial charge >= 0.3 is 5.97 Å². The molecular weight excluding hydrogens is 260 g/mol. The van der Waals surface area contributed by atoms with Gasteiger partial charge in [-0.15, -0.1) is 0 Å². The summed E-state index contributed by atoms with van der Waals surface area (Å²) < 4.78 is 4.97. The van der Waals surface area contributed by atoms with Gasteiger partial charge in [-0.2, -0.15) is 0 Å². The molecule has 1 amide bonds. The van der Waals surface area contributed by atoms with E-state index in [4.69, 9.17) is 9.84 Å². The van der Waals surface area contributed by atoms with Gasteiger partial charge in [0.15, 0.2) is 0 Å². The van der Waals surface area contributed by atoms with Crippen molar-refractivity contribution in [1.82, 2.24) is 10.2 Å². The second-order valence-corrected chi connectivity index (χ2v) is 5.08. The third-order valence-corrected chi connectivity index (χ3v) is 3.56. The monoisotopic (exact) mass is 284 g/mol. The Morgan fingerprint density at radius 3 is 2.55 bits per heavy atom. The van der Waals surface area contributed by atoms with Crippen LogP contribution in [0, 0.1) is 11.8 Å². The minimum absolute atomic E-state index is 0.165. The molecule has 2 atom stereocenters. The summed E-state index contributed by atoms with van der Waals surface area (Å²) in [5.74, 6) is -2.12. The molecule has 0 saturated carbocycles. The summed E-state index contributed by atoms with van der Waals surface area (Å²) in [7, 11) is 3.60. The van der Waals surface area contributed by atoms with Crippen LogP contribution in [-0.4, -0.2) is 62.3 Å². The maximum atomic E-state index is 12.1. The third kappa shape index (κ3) is 5.30. The van der Waals surface area contributed by atoms with Crippen molar-refractivity contribution in [2.45, 2.75) is 12.8 Å². The van der Waals surface area contributed by atoms with E-state index in [9.17, 15) is 9.59 Å². The Morgan fingerprint density at radius 1 is 1.30 bits per heavy atom. The molecule has 6 heteroatoms. The van der Waals surface area contributed by atoms with Crippen molar-refractivity contribution in [1.29, 1.82) is 0 Å². The first-order valence-electron chi connectivity index (χ1n) is 6.89. The largest absolute Gasteiger partial charge is 0.481 e. The van der Waals surface area contributed by atoms with Gasteiger partial charge in [-0.25, -0.2) is 0 Å². The number of aliphatic carboxylic acids is 1. The minimum Gasteiger partial charge on any atom is -0.481 e. The van der Waals surface area contributed by atoms with E-state index in [-0.39, 0.29) is 5.91 Å². The average Bonchev–Trinajstić information content (AvgIpc) is 2.44. The molecule has 0 aromatic heterocycles. The number of hydrogen-bond donors (Lipinski definition) is 2. The van der Waals surface area contributed by atoms with Gasteiger partial charge in [0.1, 0.15) is 0 Å². The fourth-order valence-electron chi connectivity index (χ4n) is 2.24. The zero-order valence-electron chi connectivity index (χ0n) is 12.2. The summed E-state index contributed by atoms with van der Waals surface area (Å²) in [4.78, 5) is 25.2. The maximum absolute atomic E-state index is 12.1. The number of carboxylic acid groups (broad SMARTS) is 1. The Balaban J connectivity index is 2.34. The lowest BCUT2D eigenvalue weighted by molar-refractivity contribution is -0.147. The van der Waals surface area contributed by atoms with Crippen molar-refractivity contribution in [3.05, 3.63) is 12.2 Å². The first-order valence-corrected chi connectivity index (χ1v) is 6.89. The van der Waals surface area contributed by atoms with Crippen LogP contribution in [0.2, 0.25) is 0 Å². The van der Waals surface area contributed by atoms with E-state index in [0.717, 1.165) is 13.1 Å². The van der Waals surface area contributed by atoms with Gasteiger partial charge in [-0.05, 0) is 19.9 Å². The third-order valence-electron chi connectivity index (χ3n) is 3.56. The highest BCUT2D eigenvalue weighted by atomic mass is 16.5. The molecule has 0 unspecified atom stereocenters. The van der Waals surface area contributed by atoms with Crippen LogP contribution in [-0.2, 0) is 14.3 Å². The van der Waals surface area contributed by atoms with Crippen LogP contribution in [0.15, 0.2) is 12.2 Å². The molecule has 0 aliphatic heterocycles. The molecule has 0 saturated heterocycles. The predicted octanol–water partition coefficient (Wildman–Crippen LogP) is 0.348. The van der Waals surface area contributed by atoms with Crippen LogP contribution in [0.5, 0.6) is 0 Å². The first kappa shape index (κ1) is 16.7. The SMILES string of the molecule is COCCN(C)CCNC(=O)[C@@H]1CC=CC[C@@H]1C(=O)O. The van der Waals surface area contributed by atoms with Gasteiger partial charge in [0.05, 0.1) is 18.4 Å². The van der Waals surface area contributed by atoms with E-state index in [0.29, 0.717) is 26.0 Å². The van der Waals surface area contributed by atoms with Gasteiger partial charge in [0, 0.05) is 26.7 Å². The summed E-state index contributed by atoms with van der Waals surface area (Å²) in [6.07, 6.45) is 4.65. The number of ether oxygens (including phenoxy) is 1. The van der Waals surface area contributed by atoms with Crippen LogP contribution in [0.4, 0.5) is 0 Å². The first-order chi connectivity index (χ1) is 9.56. The van der Waals surface area contributed by atoms with Crippen molar-refractivity contribution in [2.24, 2.45) is 11.8 Å². The van der Waals surface area contributed by atoms with Crippen LogP contribution in [0.1, 0.15) is 12.8 Å². The molecule has 1 aliphatic carbocycles. The highest BCUT2D eigenvalue weighted by molar-refractivity contribution is 5.85. The number of rotatable bonds is 8. The number of nitrogens with zero attached hydrogens (tertiary/aromatic N) is 1. The van der Waals surface area contributed by atoms with Gasteiger partial charge in [0.2, 0.25) is 5.91 Å². The van der Waals surface area contributed by atoms with Crippen LogP contribution in [0.25, 0.3) is 0 Å². The molecule has 0 fully saturated rings. The Morgan fingerprint density at radius 2 is 1.95 bits per heavy atom. The highest BCUT2D eigenvalue weighted by Gasteiger charge is 2.33. The Bertz CT molecular complexity index is 357. The average molecular weight is 284 g/mol. The summed E-state index contributed by atoms with van der Waals surface area (Å²) in [6, 6.07) is 0. The fourth-order valence-corrected chi connectivity index (χ4v) is 2.24. The van der Waals surface area contributed by atoms with Crippen LogP contribution in [0.3, 0.4) is 0 Å². The number of nitrogens with one attached hydrogen (secondary N) is 1. The number of carboxylic acids is 1. The van der Waals surface area contributed by atoms with Crippen molar-refractivity contribution in [3.63, 3.8) is 0 Å². The molecule has 0 aromatic rings. The zero-order valence-corrected chi connectivity index (χ0v) is 12.2. The number of likely N-dealkylation sites (N-methyl/N-ethyl adjacent to an activating group) is 1. The molecular formula is C14H24N2O4. The summed E-state index contributed by atoms with van der Waals surface area (Å²) >= 11 is 0. The molecule has 2 N–H and O–H groups in total. The van der Waals surface area contributed by atoms with Crippen LogP contribution < -0.4 is 5.32 Å². The van der Waals surface area contributed by atoms with Crippen molar-refractivity contribution in [3.8, 4) is 0 Å². The molecule has 0 radical (unpaired) electrons. The molecule has 0 spiro atoms. The second-order valence-electron chi connectivity index (χ2n) is 5.08. The van der Waals surface area contributed by atoms with Crippen molar-refractivity contribution < 1.29 is 19.4 Å². The maximum Gasteiger partial charge on any atom is 0.307 e. The van der Waals surface area contributed by atoms with Crippen molar-refractivity contribution in [2.75, 3.05) is 40.4 Å². The molecule has 114 valence electrons. The molecule has 20 heavy (non-hydrogen) atoms. The Hall–Kier alpha value is -1.40. The number of methoxy groups -OCH3 is 1. The standard InChI is InChI=1S/C14H24N2O4/c1-16(9-10-20-2)8-7-15-13(17)11-5-3-4-6-12(11)14(18)19/h3-4,11-12H,5-10H2,1-2H3,(H,15,17)(H,18,19)/t11-,12+/m1/s1. The van der Waals surface area contributed by atoms with Gasteiger partial charge in [-0.3, -0.25) is 9.59 Å². The lowest BCUT2D eigenvalue weighted by Crippen LogP contribution is -2.41. The summed E-state index contributed by atoms with van der Waals surface area (Å²) in [5.41, 5.74) is 0. The van der Waals surface area contributed by atoms with E-state index in [1.807, 2.05) is 19.2 Å². The van der Waals surface area contributed by atoms with E-state index in [1.165, 1.54) is 0 Å². The van der Waals surface area contributed by atoms with E-state index in [2.05, 4.69) is 10.2 Å². The Kier molecular flexibility index (Phi) is 7.25. The van der Waals surface area contributed by atoms with E-state index < -0.39 is 17.8 Å². The number of allylic oxidation sites excluding steroid dienone is 2. The summed E-state index contributed by atoms with van der Waals surface area (Å²) in [5, 5.41) is 12.0. The highest BCUT2D eigenvalue weighted by Crippen LogP contribution is 2.25. The van der Waals surface area contributed by atoms with Gasteiger partial charge < -0.3 is 20.1 Å². The predicted molar refractivity (Wildman–Crippen MR) is 75.4 cm³/mol. The molecule has 6 nitrogen and oxygen atoms in total. The topological polar surface area (TPSA) is 78.9 Å². The van der Waals surface area contributed by atoms with Gasteiger partial charge in [-0.1, -0.05) is 12.2 Å². The number of carbonyl (C=O) groups is 2. The van der Waals surface area contributed by atoms with E-state index >= 15 is 0 Å². The molecule has 0 heterocycles. The van der Waals surface area contributed by atoms with Crippen LogP contribution >= 0.6 is 0 Å². The van der Waals surface area contributed by atoms with E-state index in [1.54, 1.807) is 7.11 Å². The Labute approximate surface area is 119 Å². The lowest BCUT2D eigenvalue weighted by Gasteiger charge is -2.24. The number of hydrogen-bond acceptors (Lipinski definition) is 4. The molecule has 1 rings (SSSR count). The quantitative estimate of drug-likeness (QED) is 0.629. The fraction of sp³-hybridized carbons (Fsp3) is 0.714. The number of amides is 1.